The summed E-state index contributed by atoms with van der Waals surface area (Å²) in [5.74, 6) is -0.370. The van der Waals surface area contributed by atoms with Crippen molar-refractivity contribution in [2.24, 2.45) is 0 Å². The number of aromatic nitrogens is 3. The van der Waals surface area contributed by atoms with Crippen LogP contribution < -0.4 is 5.32 Å². The predicted molar refractivity (Wildman–Crippen MR) is 74.9 cm³/mol. The van der Waals surface area contributed by atoms with Gasteiger partial charge in [0.05, 0.1) is 5.56 Å². The second-order valence-electron chi connectivity index (χ2n) is 4.29. The van der Waals surface area contributed by atoms with Crippen molar-refractivity contribution in [2.75, 3.05) is 12.4 Å². The number of carbonyl (C=O) groups is 1. The van der Waals surface area contributed by atoms with E-state index in [-0.39, 0.29) is 5.56 Å². The summed E-state index contributed by atoms with van der Waals surface area (Å²) >= 11 is 0. The van der Waals surface area contributed by atoms with Crippen LogP contribution in [0.15, 0.2) is 42.6 Å². The van der Waals surface area contributed by atoms with Crippen molar-refractivity contribution in [3.05, 3.63) is 48.2 Å². The highest BCUT2D eigenvalue weighted by atomic mass is 16.4. The first kappa shape index (κ1) is 12.2. The summed E-state index contributed by atoms with van der Waals surface area (Å²) < 4.78 is 1.69. The number of anilines is 1. The van der Waals surface area contributed by atoms with Crippen molar-refractivity contribution in [1.82, 2.24) is 14.6 Å². The van der Waals surface area contributed by atoms with Crippen LogP contribution in [0.1, 0.15) is 10.4 Å². The van der Waals surface area contributed by atoms with Crippen molar-refractivity contribution in [1.29, 1.82) is 0 Å². The van der Waals surface area contributed by atoms with E-state index in [2.05, 4.69) is 15.4 Å². The van der Waals surface area contributed by atoms with Gasteiger partial charge in [0.25, 0.3) is 0 Å². The van der Waals surface area contributed by atoms with Gasteiger partial charge < -0.3 is 10.4 Å². The molecule has 0 saturated carbocycles. The molecule has 0 saturated heterocycles. The summed E-state index contributed by atoms with van der Waals surface area (Å²) in [6, 6.07) is 10.5. The minimum atomic E-state index is -0.929. The van der Waals surface area contributed by atoms with Gasteiger partial charge in [0.2, 0.25) is 5.95 Å². The fourth-order valence-corrected chi connectivity index (χ4v) is 1.97. The normalized spacial score (nSPS) is 10.7. The fraction of sp³-hybridized carbons (Fsp3) is 0.0714. The summed E-state index contributed by atoms with van der Waals surface area (Å²) in [7, 11) is 1.76. The van der Waals surface area contributed by atoms with E-state index in [0.29, 0.717) is 5.95 Å². The Labute approximate surface area is 114 Å². The molecule has 0 aliphatic rings. The average molecular weight is 268 g/mol. The Morgan fingerprint density at radius 2 is 1.85 bits per heavy atom. The number of nitrogens with zero attached hydrogens (tertiary/aromatic N) is 3. The third-order valence-corrected chi connectivity index (χ3v) is 3.02. The minimum absolute atomic E-state index is 0.271. The van der Waals surface area contributed by atoms with Crippen LogP contribution in [0, 0.1) is 0 Å². The standard InChI is InChI=1S/C14H12N4O2/c1-15-14-16-12-7-6-11(8-18(12)17-14)9-2-4-10(5-3-9)13(19)20/h2-8H,1H3,(H,15,17)(H,19,20). The first-order valence-electron chi connectivity index (χ1n) is 6.05. The summed E-state index contributed by atoms with van der Waals surface area (Å²) in [5.41, 5.74) is 2.90. The summed E-state index contributed by atoms with van der Waals surface area (Å²) in [6.45, 7) is 0. The van der Waals surface area contributed by atoms with Gasteiger partial charge in [-0.25, -0.2) is 9.31 Å². The zero-order valence-corrected chi connectivity index (χ0v) is 10.7. The van der Waals surface area contributed by atoms with Crippen molar-refractivity contribution < 1.29 is 9.90 Å². The number of fused-ring (bicyclic) bond motifs is 1. The second-order valence-corrected chi connectivity index (χ2v) is 4.29. The molecule has 2 heterocycles. The molecule has 20 heavy (non-hydrogen) atoms. The van der Waals surface area contributed by atoms with Crippen molar-refractivity contribution >= 4 is 17.6 Å². The van der Waals surface area contributed by atoms with Crippen molar-refractivity contribution in [3.8, 4) is 11.1 Å². The molecule has 3 rings (SSSR count). The van der Waals surface area contributed by atoms with E-state index < -0.39 is 5.97 Å². The topological polar surface area (TPSA) is 79.5 Å². The molecule has 3 aromatic rings. The molecule has 6 heteroatoms. The van der Waals surface area contributed by atoms with Gasteiger partial charge in [-0.1, -0.05) is 12.1 Å². The lowest BCUT2D eigenvalue weighted by Gasteiger charge is -2.02. The Morgan fingerprint density at radius 3 is 2.50 bits per heavy atom. The molecule has 6 nitrogen and oxygen atoms in total. The van der Waals surface area contributed by atoms with Crippen LogP contribution >= 0.6 is 0 Å². The molecule has 0 radical (unpaired) electrons. The number of carboxylic acid groups (broad SMARTS) is 1. The number of carboxylic acids is 1. The van der Waals surface area contributed by atoms with Crippen LogP contribution in [0.4, 0.5) is 5.95 Å². The van der Waals surface area contributed by atoms with Crippen LogP contribution in [0.5, 0.6) is 0 Å². The molecule has 0 bridgehead atoms. The van der Waals surface area contributed by atoms with E-state index in [1.165, 1.54) is 0 Å². The highest BCUT2D eigenvalue weighted by Crippen LogP contribution is 2.20. The molecular formula is C14H12N4O2. The number of rotatable bonds is 3. The average Bonchev–Trinajstić information content (AvgIpc) is 2.89. The largest absolute Gasteiger partial charge is 0.478 e. The lowest BCUT2D eigenvalue weighted by atomic mass is 10.1. The number of hydrogen-bond donors (Lipinski definition) is 2. The van der Waals surface area contributed by atoms with E-state index in [9.17, 15) is 4.79 Å². The quantitative estimate of drug-likeness (QED) is 0.760. The number of pyridine rings is 1. The third-order valence-electron chi connectivity index (χ3n) is 3.02. The smallest absolute Gasteiger partial charge is 0.335 e. The maximum Gasteiger partial charge on any atom is 0.335 e. The lowest BCUT2D eigenvalue weighted by Crippen LogP contribution is -1.95. The summed E-state index contributed by atoms with van der Waals surface area (Å²) in [5, 5.41) is 16.0. The molecule has 0 spiro atoms. The highest BCUT2D eigenvalue weighted by molar-refractivity contribution is 5.88. The highest BCUT2D eigenvalue weighted by Gasteiger charge is 2.06. The fourth-order valence-electron chi connectivity index (χ4n) is 1.97. The molecule has 0 unspecified atom stereocenters. The van der Waals surface area contributed by atoms with Crippen molar-refractivity contribution in [2.45, 2.75) is 0 Å². The van der Waals surface area contributed by atoms with Crippen LogP contribution in [-0.4, -0.2) is 32.7 Å². The summed E-state index contributed by atoms with van der Waals surface area (Å²) in [4.78, 5) is 15.1. The number of aromatic carboxylic acids is 1. The van der Waals surface area contributed by atoms with Gasteiger partial charge in [-0.05, 0) is 29.8 Å². The molecule has 100 valence electrons. The monoisotopic (exact) mass is 268 g/mol. The van der Waals surface area contributed by atoms with E-state index in [4.69, 9.17) is 5.11 Å². The predicted octanol–water partition coefficient (Wildman–Crippen LogP) is 2.14. The molecule has 0 amide bonds. The van der Waals surface area contributed by atoms with Gasteiger partial charge in [0.1, 0.15) is 0 Å². The summed E-state index contributed by atoms with van der Waals surface area (Å²) in [6.07, 6.45) is 1.86. The van der Waals surface area contributed by atoms with Crippen LogP contribution in [0.3, 0.4) is 0 Å². The minimum Gasteiger partial charge on any atom is -0.478 e. The van der Waals surface area contributed by atoms with Gasteiger partial charge in [-0.2, -0.15) is 4.98 Å². The van der Waals surface area contributed by atoms with E-state index in [1.807, 2.05) is 18.3 Å². The SMILES string of the molecule is CNc1nc2ccc(-c3ccc(C(=O)O)cc3)cn2n1. The van der Waals surface area contributed by atoms with Gasteiger partial charge in [0.15, 0.2) is 5.65 Å². The molecule has 0 aliphatic carbocycles. The molecule has 0 aliphatic heterocycles. The number of benzene rings is 1. The zero-order chi connectivity index (χ0) is 14.1. The van der Waals surface area contributed by atoms with E-state index >= 15 is 0 Å². The van der Waals surface area contributed by atoms with Crippen LogP contribution in [-0.2, 0) is 0 Å². The van der Waals surface area contributed by atoms with Gasteiger partial charge in [0, 0.05) is 18.8 Å². The Morgan fingerprint density at radius 1 is 1.15 bits per heavy atom. The first-order valence-corrected chi connectivity index (χ1v) is 6.05. The molecule has 0 atom stereocenters. The third kappa shape index (κ3) is 2.07. The first-order chi connectivity index (χ1) is 9.67. The van der Waals surface area contributed by atoms with Gasteiger partial charge in [-0.3, -0.25) is 0 Å². The van der Waals surface area contributed by atoms with Crippen LogP contribution in [0.25, 0.3) is 16.8 Å². The molecule has 2 aromatic heterocycles. The van der Waals surface area contributed by atoms with E-state index in [0.717, 1.165) is 16.8 Å². The number of nitrogens with one attached hydrogen (secondary N) is 1. The van der Waals surface area contributed by atoms with E-state index in [1.54, 1.807) is 35.8 Å². The van der Waals surface area contributed by atoms with Crippen LogP contribution in [0.2, 0.25) is 0 Å². The maximum atomic E-state index is 10.8. The molecule has 2 N–H and O–H groups in total. The Bertz CT molecular complexity index is 777. The van der Waals surface area contributed by atoms with Gasteiger partial charge >= 0.3 is 5.97 Å². The zero-order valence-electron chi connectivity index (χ0n) is 10.7. The van der Waals surface area contributed by atoms with Crippen molar-refractivity contribution in [3.63, 3.8) is 0 Å². The maximum absolute atomic E-state index is 10.8. The second kappa shape index (κ2) is 4.65. The Balaban J connectivity index is 2.02. The molecular weight excluding hydrogens is 256 g/mol. The lowest BCUT2D eigenvalue weighted by molar-refractivity contribution is 0.0697. The molecule has 0 fully saturated rings. The Hall–Kier alpha value is -2.89. The Kier molecular flexibility index (Phi) is 2.83. The van der Waals surface area contributed by atoms with Gasteiger partial charge in [-0.15, -0.1) is 5.10 Å². The number of hydrogen-bond acceptors (Lipinski definition) is 4. The molecule has 1 aromatic carbocycles.